The number of rotatable bonds is 2. The van der Waals surface area contributed by atoms with Crippen LogP contribution in [0, 0.1) is 6.92 Å². The zero-order chi connectivity index (χ0) is 6.69. The predicted octanol–water partition coefficient (Wildman–Crippen LogP) is 0.543. The Hall–Kier alpha value is -0.830. The van der Waals surface area contributed by atoms with Gasteiger partial charge in [0, 0.05) is 6.07 Å². The van der Waals surface area contributed by atoms with Gasteiger partial charge in [-0.05, 0) is 13.3 Å². The smallest absolute Gasteiger partial charge is 0.162 e. The molecule has 0 bridgehead atoms. The first-order chi connectivity index (χ1) is 4.36. The van der Waals surface area contributed by atoms with Gasteiger partial charge in [0.15, 0.2) is 5.76 Å². The van der Waals surface area contributed by atoms with E-state index in [1.807, 2.05) is 0 Å². The number of nitrogens with zero attached hydrogens (tertiary/aromatic N) is 1. The summed E-state index contributed by atoms with van der Waals surface area (Å²) < 4.78 is 4.66. The highest BCUT2D eigenvalue weighted by Gasteiger charge is 1.98. The highest BCUT2D eigenvalue weighted by molar-refractivity contribution is 5.04. The van der Waals surface area contributed by atoms with E-state index in [9.17, 15) is 0 Å². The van der Waals surface area contributed by atoms with Crippen LogP contribution in [0.5, 0.6) is 0 Å². The summed E-state index contributed by atoms with van der Waals surface area (Å²) in [4.78, 5) is 0. The highest BCUT2D eigenvalue weighted by atomic mass is 16.5. The molecule has 3 heteroatoms. The Labute approximate surface area is 53.3 Å². The van der Waals surface area contributed by atoms with E-state index in [-0.39, 0.29) is 6.61 Å². The zero-order valence-corrected chi connectivity index (χ0v) is 5.00. The molecule has 9 heavy (non-hydrogen) atoms. The van der Waals surface area contributed by atoms with Gasteiger partial charge in [-0.3, -0.25) is 0 Å². The third-order valence-electron chi connectivity index (χ3n) is 1.02. The zero-order valence-electron chi connectivity index (χ0n) is 5.00. The number of aliphatic hydroxyl groups is 1. The topological polar surface area (TPSA) is 46.3 Å². The van der Waals surface area contributed by atoms with Crippen molar-refractivity contribution in [1.29, 1.82) is 0 Å². The summed E-state index contributed by atoms with van der Waals surface area (Å²) >= 11 is 0. The van der Waals surface area contributed by atoms with E-state index in [0.717, 1.165) is 5.69 Å². The van der Waals surface area contributed by atoms with Crippen molar-refractivity contribution < 1.29 is 9.63 Å². The van der Waals surface area contributed by atoms with Crippen LogP contribution in [0.2, 0.25) is 0 Å². The summed E-state index contributed by atoms with van der Waals surface area (Å²) in [6.45, 7) is 3.51. The number of hydrogen-bond donors (Lipinski definition) is 1. The Morgan fingerprint density at radius 1 is 1.78 bits per heavy atom. The molecule has 0 amide bonds. The molecule has 1 heterocycles. The van der Waals surface area contributed by atoms with Gasteiger partial charge in [0.1, 0.15) is 6.61 Å². The van der Waals surface area contributed by atoms with Gasteiger partial charge in [0.25, 0.3) is 0 Å². The molecule has 0 unspecified atom stereocenters. The summed E-state index contributed by atoms with van der Waals surface area (Å²) in [7, 11) is 0. The van der Waals surface area contributed by atoms with E-state index in [4.69, 9.17) is 5.11 Å². The first-order valence-electron chi connectivity index (χ1n) is 2.71. The van der Waals surface area contributed by atoms with Gasteiger partial charge in [0.05, 0.1) is 5.69 Å². The molecule has 1 rings (SSSR count). The standard InChI is InChI=1S/C6H8NO2/c1-2-5-3-6(4-8)9-7-5/h3,8H,1-2,4H2. The van der Waals surface area contributed by atoms with Crippen molar-refractivity contribution in [1.82, 2.24) is 5.16 Å². The van der Waals surface area contributed by atoms with E-state index in [1.165, 1.54) is 0 Å². The summed E-state index contributed by atoms with van der Waals surface area (Å²) in [5.74, 6) is 0.494. The third kappa shape index (κ3) is 1.29. The Morgan fingerprint density at radius 2 is 2.56 bits per heavy atom. The average Bonchev–Trinajstić information content (AvgIpc) is 2.34. The van der Waals surface area contributed by atoms with E-state index in [1.54, 1.807) is 6.07 Å². The largest absolute Gasteiger partial charge is 0.388 e. The molecule has 0 aromatic carbocycles. The summed E-state index contributed by atoms with van der Waals surface area (Å²) in [5.41, 5.74) is 0.777. The molecular weight excluding hydrogens is 118 g/mol. The molecule has 0 fully saturated rings. The molecule has 0 saturated carbocycles. The second kappa shape index (κ2) is 2.64. The quantitative estimate of drug-likeness (QED) is 0.629. The lowest BCUT2D eigenvalue weighted by Crippen LogP contribution is -1.76. The van der Waals surface area contributed by atoms with Crippen LogP contribution >= 0.6 is 0 Å². The molecular formula is C6H8NO2. The maximum Gasteiger partial charge on any atom is 0.162 e. The van der Waals surface area contributed by atoms with Crippen LogP contribution < -0.4 is 0 Å². The van der Waals surface area contributed by atoms with Crippen molar-refractivity contribution in [3.8, 4) is 0 Å². The Bertz CT molecular complexity index is 164. The van der Waals surface area contributed by atoms with Gasteiger partial charge >= 0.3 is 0 Å². The minimum absolute atomic E-state index is 0.0903. The van der Waals surface area contributed by atoms with Crippen LogP contribution in [0.3, 0.4) is 0 Å². The van der Waals surface area contributed by atoms with Crippen molar-refractivity contribution in [3.05, 3.63) is 24.4 Å². The van der Waals surface area contributed by atoms with E-state index < -0.39 is 0 Å². The van der Waals surface area contributed by atoms with Gasteiger partial charge in [-0.1, -0.05) is 5.16 Å². The number of aromatic nitrogens is 1. The van der Waals surface area contributed by atoms with Gasteiger partial charge in [-0.25, -0.2) is 0 Å². The first kappa shape index (κ1) is 6.29. The molecule has 1 radical (unpaired) electrons. The minimum Gasteiger partial charge on any atom is -0.388 e. The Kier molecular flexibility index (Phi) is 1.85. The lowest BCUT2D eigenvalue weighted by atomic mass is 10.3. The van der Waals surface area contributed by atoms with Crippen LogP contribution in [-0.4, -0.2) is 10.3 Å². The SMILES string of the molecule is [CH2]Cc1cc(CO)on1. The van der Waals surface area contributed by atoms with E-state index >= 15 is 0 Å². The van der Waals surface area contributed by atoms with Crippen LogP contribution in [-0.2, 0) is 13.0 Å². The molecule has 1 aromatic heterocycles. The monoisotopic (exact) mass is 126 g/mol. The number of hydrogen-bond acceptors (Lipinski definition) is 3. The Balaban J connectivity index is 2.74. The van der Waals surface area contributed by atoms with Gasteiger partial charge < -0.3 is 9.63 Å². The predicted molar refractivity (Wildman–Crippen MR) is 31.5 cm³/mol. The molecule has 0 atom stereocenters. The van der Waals surface area contributed by atoms with Crippen molar-refractivity contribution in [3.63, 3.8) is 0 Å². The molecule has 49 valence electrons. The van der Waals surface area contributed by atoms with Gasteiger partial charge in [0.2, 0.25) is 0 Å². The van der Waals surface area contributed by atoms with Crippen LogP contribution in [0.15, 0.2) is 10.6 Å². The normalized spacial score (nSPS) is 10.0. The highest BCUT2D eigenvalue weighted by Crippen LogP contribution is 2.02. The van der Waals surface area contributed by atoms with Crippen molar-refractivity contribution in [2.45, 2.75) is 13.0 Å². The molecule has 0 aliphatic carbocycles. The fraction of sp³-hybridized carbons (Fsp3) is 0.333. The fourth-order valence-corrected chi connectivity index (χ4v) is 0.548. The molecule has 0 aliphatic rings. The second-order valence-electron chi connectivity index (χ2n) is 1.69. The third-order valence-corrected chi connectivity index (χ3v) is 1.02. The maximum atomic E-state index is 8.49. The van der Waals surface area contributed by atoms with Crippen molar-refractivity contribution in [2.75, 3.05) is 0 Å². The summed E-state index contributed by atoms with van der Waals surface area (Å²) in [6, 6.07) is 1.69. The van der Waals surface area contributed by atoms with Crippen molar-refractivity contribution in [2.24, 2.45) is 0 Å². The molecule has 1 aromatic rings. The van der Waals surface area contributed by atoms with Gasteiger partial charge in [-0.2, -0.15) is 0 Å². The van der Waals surface area contributed by atoms with E-state index in [0.29, 0.717) is 12.2 Å². The lowest BCUT2D eigenvalue weighted by molar-refractivity contribution is 0.228. The summed E-state index contributed by atoms with van der Waals surface area (Å²) in [6.07, 6.45) is 0.601. The number of aliphatic hydroxyl groups excluding tert-OH is 1. The average molecular weight is 126 g/mol. The lowest BCUT2D eigenvalue weighted by Gasteiger charge is -1.77. The fourth-order valence-electron chi connectivity index (χ4n) is 0.548. The summed E-state index contributed by atoms with van der Waals surface area (Å²) in [5, 5.41) is 12.1. The van der Waals surface area contributed by atoms with Crippen LogP contribution in [0.1, 0.15) is 11.5 Å². The molecule has 0 saturated heterocycles. The maximum absolute atomic E-state index is 8.49. The first-order valence-corrected chi connectivity index (χ1v) is 2.71. The van der Waals surface area contributed by atoms with Crippen LogP contribution in [0.4, 0.5) is 0 Å². The van der Waals surface area contributed by atoms with Gasteiger partial charge in [-0.15, -0.1) is 0 Å². The second-order valence-corrected chi connectivity index (χ2v) is 1.69. The van der Waals surface area contributed by atoms with Crippen molar-refractivity contribution >= 4 is 0 Å². The molecule has 3 nitrogen and oxygen atoms in total. The molecule has 0 aliphatic heterocycles. The molecule has 1 N–H and O–H groups in total. The molecule has 0 spiro atoms. The van der Waals surface area contributed by atoms with E-state index in [2.05, 4.69) is 16.6 Å². The van der Waals surface area contributed by atoms with Crippen LogP contribution in [0.25, 0.3) is 0 Å². The Morgan fingerprint density at radius 3 is 2.89 bits per heavy atom. The minimum atomic E-state index is -0.0903.